The van der Waals surface area contributed by atoms with Crippen molar-refractivity contribution in [1.29, 1.82) is 0 Å². The first-order chi connectivity index (χ1) is 14.3. The van der Waals surface area contributed by atoms with Crippen LogP contribution in [0.4, 0.5) is 19.1 Å². The number of methoxy groups -OCH3 is 1. The molecule has 0 bridgehead atoms. The van der Waals surface area contributed by atoms with Gasteiger partial charge in [-0.15, -0.1) is 17.7 Å². The van der Waals surface area contributed by atoms with E-state index in [0.29, 0.717) is 22.1 Å². The molecule has 1 aliphatic carbocycles. The van der Waals surface area contributed by atoms with Gasteiger partial charge in [0.25, 0.3) is 0 Å². The molecule has 3 aliphatic rings. The normalized spacial score (nSPS) is 27.4. The number of aromatic nitrogens is 2. The Hall–Kier alpha value is -2.26. The molecule has 9 heteroatoms. The molecule has 5 nitrogen and oxygen atoms in total. The van der Waals surface area contributed by atoms with Crippen molar-refractivity contribution < 1.29 is 22.7 Å². The van der Waals surface area contributed by atoms with Gasteiger partial charge in [0.05, 0.1) is 13.3 Å². The van der Waals surface area contributed by atoms with Crippen LogP contribution < -0.4 is 4.48 Å². The van der Waals surface area contributed by atoms with E-state index in [4.69, 9.17) is 4.74 Å². The highest BCUT2D eigenvalue weighted by Crippen LogP contribution is 2.62. The molecular formula is C22H25F3N3O2S+. The largest absolute Gasteiger partial charge is 0.574 e. The Morgan fingerprint density at radius 2 is 1.94 bits per heavy atom. The number of rotatable bonds is 2. The Morgan fingerprint density at radius 3 is 2.52 bits per heavy atom. The molecule has 1 aromatic heterocycles. The van der Waals surface area contributed by atoms with Crippen LogP contribution in [0.25, 0.3) is 5.70 Å². The third-order valence-electron chi connectivity index (χ3n) is 6.11. The lowest BCUT2D eigenvalue weighted by Crippen LogP contribution is -2.68. The molecule has 0 radical (unpaired) electrons. The average molecular weight is 453 g/mol. The molecule has 0 saturated heterocycles. The lowest BCUT2D eigenvalue weighted by Gasteiger charge is -2.45. The van der Waals surface area contributed by atoms with Crippen molar-refractivity contribution in [1.82, 2.24) is 14.0 Å². The third-order valence-corrected chi connectivity index (χ3v) is 7.41. The third kappa shape index (κ3) is 2.68. The fraction of sp³-hybridized carbons (Fsp3) is 0.455. The number of hydrogen-bond acceptors (Lipinski definition) is 4. The van der Waals surface area contributed by atoms with Gasteiger partial charge in [0.15, 0.2) is 10.7 Å². The van der Waals surface area contributed by atoms with E-state index in [1.165, 1.54) is 23.9 Å². The molecule has 1 spiro atoms. The number of alkyl halides is 3. The van der Waals surface area contributed by atoms with Gasteiger partial charge in [-0.1, -0.05) is 26.8 Å². The number of carbonyl (C=O) groups is 1. The van der Waals surface area contributed by atoms with Crippen molar-refractivity contribution in [3.05, 3.63) is 47.5 Å². The number of allylic oxidation sites excluding steroid dienone is 3. The molecule has 0 fully saturated rings. The number of quaternary nitrogens is 1. The zero-order chi connectivity index (χ0) is 23.0. The standard InChI is InChI=1S/C22H25F3N3O2S/c1-13-11-21-9-7-8-10-28(21,22(23,24)25)19-26-12-15(31-18(29)20(3,4)5)27(19)17(21)14(2)16(13)30-6/h7-10,12H,11H2,1-6H3/q+1. The maximum atomic E-state index is 14.9. The Bertz CT molecular complexity index is 1100. The van der Waals surface area contributed by atoms with Crippen molar-refractivity contribution in [3.8, 4) is 0 Å². The second-order valence-electron chi connectivity index (χ2n) is 9.15. The molecule has 3 heterocycles. The summed E-state index contributed by atoms with van der Waals surface area (Å²) in [6, 6.07) is 0. The topological polar surface area (TPSA) is 44.1 Å². The van der Waals surface area contributed by atoms with Crippen LogP contribution in [0.1, 0.15) is 41.0 Å². The number of carbonyl (C=O) groups excluding carboxylic acids is 1. The van der Waals surface area contributed by atoms with Gasteiger partial charge in [0.1, 0.15) is 22.7 Å². The predicted molar refractivity (Wildman–Crippen MR) is 115 cm³/mol. The first-order valence-corrected chi connectivity index (χ1v) is 10.7. The summed E-state index contributed by atoms with van der Waals surface area (Å²) >= 11 is 0.926. The van der Waals surface area contributed by atoms with E-state index in [9.17, 15) is 18.0 Å². The van der Waals surface area contributed by atoms with Gasteiger partial charge in [-0.2, -0.15) is 4.98 Å². The fourth-order valence-corrected chi connectivity index (χ4v) is 5.72. The number of ether oxygens (including phenoxy) is 1. The Balaban J connectivity index is 2.07. The van der Waals surface area contributed by atoms with Crippen LogP contribution in [-0.4, -0.2) is 33.6 Å². The summed E-state index contributed by atoms with van der Waals surface area (Å²) in [5.74, 6) is 0.403. The minimum atomic E-state index is -4.66. The average Bonchev–Trinajstić information content (AvgIpc) is 3.15. The zero-order valence-electron chi connectivity index (χ0n) is 18.3. The van der Waals surface area contributed by atoms with Crippen LogP contribution in [-0.2, 0) is 9.53 Å². The molecule has 166 valence electrons. The Labute approximate surface area is 183 Å². The SMILES string of the molecule is COC1=C(C)CC23C=CC=C[N+]2(C(F)(F)F)c2ncc(SC(=O)C(C)(C)C)n2C3=C1C. The molecule has 0 saturated carbocycles. The maximum absolute atomic E-state index is 14.9. The molecule has 1 aromatic rings. The lowest BCUT2D eigenvalue weighted by atomic mass is 9.77. The van der Waals surface area contributed by atoms with Gasteiger partial charge < -0.3 is 4.74 Å². The highest BCUT2D eigenvalue weighted by Gasteiger charge is 2.76. The monoisotopic (exact) mass is 452 g/mol. The van der Waals surface area contributed by atoms with Crippen molar-refractivity contribution in [2.24, 2.45) is 5.41 Å². The van der Waals surface area contributed by atoms with E-state index in [2.05, 4.69) is 4.98 Å². The van der Waals surface area contributed by atoms with Gasteiger partial charge in [-0.3, -0.25) is 4.79 Å². The molecule has 2 aliphatic heterocycles. The summed E-state index contributed by atoms with van der Waals surface area (Å²) < 4.78 is 50.4. The van der Waals surface area contributed by atoms with Gasteiger partial charge >= 0.3 is 12.2 Å². The van der Waals surface area contributed by atoms with E-state index in [1.807, 2.05) is 0 Å². The second kappa shape index (κ2) is 6.62. The highest BCUT2D eigenvalue weighted by atomic mass is 32.2. The minimum absolute atomic E-state index is 0.115. The van der Waals surface area contributed by atoms with Crippen LogP contribution in [0.3, 0.4) is 0 Å². The number of hydrogen-bond donors (Lipinski definition) is 0. The number of nitrogens with zero attached hydrogens (tertiary/aromatic N) is 3. The summed E-state index contributed by atoms with van der Waals surface area (Å²) in [6.45, 7) is 8.91. The van der Waals surface area contributed by atoms with E-state index in [0.717, 1.165) is 23.5 Å². The number of imidazole rings is 1. The summed E-state index contributed by atoms with van der Waals surface area (Å²) in [5, 5.41) is 0.225. The van der Waals surface area contributed by atoms with E-state index in [1.54, 1.807) is 46.8 Å². The molecule has 0 aromatic carbocycles. The Kier molecular flexibility index (Phi) is 4.69. The van der Waals surface area contributed by atoms with Crippen molar-refractivity contribution in [2.45, 2.75) is 57.9 Å². The van der Waals surface area contributed by atoms with Crippen LogP contribution in [0.15, 0.2) is 52.6 Å². The zero-order valence-corrected chi connectivity index (χ0v) is 19.1. The highest BCUT2D eigenvalue weighted by molar-refractivity contribution is 8.13. The Morgan fingerprint density at radius 1 is 1.26 bits per heavy atom. The summed E-state index contributed by atoms with van der Waals surface area (Å²) in [4.78, 5) is 17.0. The number of fused-ring (bicyclic) bond motifs is 3. The van der Waals surface area contributed by atoms with Crippen LogP contribution in [0.5, 0.6) is 0 Å². The number of halogens is 3. The molecule has 4 rings (SSSR count). The lowest BCUT2D eigenvalue weighted by molar-refractivity contribution is -0.236. The van der Waals surface area contributed by atoms with Gasteiger partial charge in [0.2, 0.25) is 0 Å². The number of thioether (sulfide) groups is 1. The summed E-state index contributed by atoms with van der Waals surface area (Å²) in [6.07, 6.45) is 2.66. The molecule has 2 unspecified atom stereocenters. The molecule has 0 N–H and O–H groups in total. The minimum Gasteiger partial charge on any atom is -0.496 e. The van der Waals surface area contributed by atoms with Crippen LogP contribution in [0.2, 0.25) is 0 Å². The van der Waals surface area contributed by atoms with Gasteiger partial charge in [-0.25, -0.2) is 4.57 Å². The van der Waals surface area contributed by atoms with E-state index < -0.39 is 21.7 Å². The molecule has 0 amide bonds. The van der Waals surface area contributed by atoms with Crippen LogP contribution in [0, 0.1) is 5.41 Å². The quantitative estimate of drug-likeness (QED) is 0.325. The first kappa shape index (κ1) is 22.0. The van der Waals surface area contributed by atoms with E-state index >= 15 is 0 Å². The summed E-state index contributed by atoms with van der Waals surface area (Å²) in [7, 11) is 1.52. The van der Waals surface area contributed by atoms with E-state index in [-0.39, 0.29) is 17.5 Å². The smallest absolute Gasteiger partial charge is 0.496 e. The predicted octanol–water partition coefficient (Wildman–Crippen LogP) is 5.77. The van der Waals surface area contributed by atoms with Crippen molar-refractivity contribution >= 4 is 28.5 Å². The van der Waals surface area contributed by atoms with Crippen molar-refractivity contribution in [3.63, 3.8) is 0 Å². The van der Waals surface area contributed by atoms with Gasteiger partial charge in [-0.05, 0) is 43.3 Å². The van der Waals surface area contributed by atoms with Crippen molar-refractivity contribution in [2.75, 3.05) is 7.11 Å². The second-order valence-corrected chi connectivity index (χ2v) is 10.1. The molecular weight excluding hydrogens is 427 g/mol. The molecule has 31 heavy (non-hydrogen) atoms. The summed E-state index contributed by atoms with van der Waals surface area (Å²) in [5.41, 5.74) is -0.309. The van der Waals surface area contributed by atoms with Gasteiger partial charge in [0, 0.05) is 17.4 Å². The maximum Gasteiger partial charge on any atom is 0.574 e. The fourth-order valence-electron chi connectivity index (χ4n) is 4.86. The first-order valence-electron chi connectivity index (χ1n) is 9.91. The molecule has 2 atom stereocenters. The van der Waals surface area contributed by atoms with Crippen LogP contribution >= 0.6 is 11.8 Å².